The van der Waals surface area contributed by atoms with Crippen LogP contribution in [0.5, 0.6) is 0 Å². The largest absolute Gasteiger partial charge is 0.456 e. The molecule has 0 spiro atoms. The van der Waals surface area contributed by atoms with Crippen molar-refractivity contribution in [2.45, 2.75) is 24.1 Å². The Morgan fingerprint density at radius 3 is 2.00 bits per heavy atom. The van der Waals surface area contributed by atoms with Gasteiger partial charge in [0.05, 0.1) is 0 Å². The number of likely N-dealkylation sites (tertiary alicyclic amines) is 1. The lowest BCUT2D eigenvalue weighted by molar-refractivity contribution is -0.338. The van der Waals surface area contributed by atoms with Crippen molar-refractivity contribution in [3.63, 3.8) is 0 Å². The minimum Gasteiger partial charge on any atom is -0.382 e. The molecule has 0 amide bonds. The van der Waals surface area contributed by atoms with Gasteiger partial charge >= 0.3 is 12.1 Å². The summed E-state index contributed by atoms with van der Waals surface area (Å²) in [6, 6.07) is 0. The van der Waals surface area contributed by atoms with E-state index in [1.54, 1.807) is 0 Å². The van der Waals surface area contributed by atoms with E-state index in [4.69, 9.17) is 0 Å². The van der Waals surface area contributed by atoms with Crippen molar-refractivity contribution in [2.75, 3.05) is 20.1 Å². The van der Waals surface area contributed by atoms with Gasteiger partial charge in [-0.2, -0.15) is 22.0 Å². The zero-order valence-electron chi connectivity index (χ0n) is 7.41. The topological polar surface area (TPSA) is 23.5 Å². The van der Waals surface area contributed by atoms with Gasteiger partial charge in [0.1, 0.15) is 0 Å². The quantitative estimate of drug-likeness (QED) is 0.671. The Hall–Kier alpha value is -0.430. The van der Waals surface area contributed by atoms with E-state index >= 15 is 0 Å². The third-order valence-corrected chi connectivity index (χ3v) is 2.38. The molecule has 1 heterocycles. The Kier molecular flexibility index (Phi) is 2.52. The number of hydrogen-bond donors (Lipinski definition) is 1. The van der Waals surface area contributed by atoms with E-state index in [0.29, 0.717) is 0 Å². The first kappa shape index (κ1) is 11.6. The van der Waals surface area contributed by atoms with Gasteiger partial charge in [0.2, 0.25) is 0 Å². The number of alkyl halides is 5. The standard InChI is InChI=1S/C7H10F5NO/c1-13-3-2-5(14,4-13)6(8,9)7(10,11)12/h14H,2-4H2,1H3. The summed E-state index contributed by atoms with van der Waals surface area (Å²) in [6.07, 6.45) is -6.27. The lowest BCUT2D eigenvalue weighted by Gasteiger charge is -2.33. The zero-order valence-corrected chi connectivity index (χ0v) is 7.41. The number of hydrogen-bond acceptors (Lipinski definition) is 2. The van der Waals surface area contributed by atoms with Crippen molar-refractivity contribution in [1.82, 2.24) is 4.90 Å². The summed E-state index contributed by atoms with van der Waals surface area (Å²) in [6.45, 7) is -0.637. The van der Waals surface area contributed by atoms with E-state index in [1.165, 1.54) is 11.9 Å². The van der Waals surface area contributed by atoms with Gasteiger partial charge in [0, 0.05) is 13.1 Å². The molecule has 1 fully saturated rings. The van der Waals surface area contributed by atoms with Crippen molar-refractivity contribution in [3.8, 4) is 0 Å². The minimum absolute atomic E-state index is 0.0299. The summed E-state index contributed by atoms with van der Waals surface area (Å²) in [4.78, 5) is 1.24. The normalized spacial score (nSPS) is 31.1. The number of aliphatic hydroxyl groups is 1. The van der Waals surface area contributed by atoms with Crippen LogP contribution in [0.2, 0.25) is 0 Å². The number of β-amino-alcohol motifs (C(OH)–C–C–N with tert-alkyl or cyclic N) is 1. The second-order valence-corrected chi connectivity index (χ2v) is 3.59. The van der Waals surface area contributed by atoms with Crippen molar-refractivity contribution < 1.29 is 27.1 Å². The Bertz CT molecular complexity index is 229. The van der Waals surface area contributed by atoms with Crippen LogP contribution in [0, 0.1) is 0 Å². The van der Waals surface area contributed by atoms with Crippen LogP contribution >= 0.6 is 0 Å². The van der Waals surface area contributed by atoms with E-state index in [2.05, 4.69) is 0 Å². The summed E-state index contributed by atoms with van der Waals surface area (Å²) in [5, 5.41) is 9.21. The van der Waals surface area contributed by atoms with Crippen molar-refractivity contribution in [1.29, 1.82) is 0 Å². The molecule has 14 heavy (non-hydrogen) atoms. The molecule has 1 unspecified atom stereocenters. The monoisotopic (exact) mass is 219 g/mol. The molecule has 1 rings (SSSR count). The summed E-state index contributed by atoms with van der Waals surface area (Å²) < 4.78 is 61.4. The summed E-state index contributed by atoms with van der Waals surface area (Å²) >= 11 is 0. The lowest BCUT2D eigenvalue weighted by atomic mass is 9.94. The highest BCUT2D eigenvalue weighted by Crippen LogP contribution is 2.46. The van der Waals surface area contributed by atoms with Gasteiger partial charge in [0.25, 0.3) is 0 Å². The predicted molar refractivity (Wildman–Crippen MR) is 38.1 cm³/mol. The highest BCUT2D eigenvalue weighted by atomic mass is 19.4. The molecule has 1 N–H and O–H groups in total. The van der Waals surface area contributed by atoms with Gasteiger partial charge in [-0.1, -0.05) is 0 Å². The van der Waals surface area contributed by atoms with Gasteiger partial charge in [-0.15, -0.1) is 0 Å². The molecule has 0 aliphatic carbocycles. The maximum absolute atomic E-state index is 12.8. The molecular weight excluding hydrogens is 209 g/mol. The first-order valence-corrected chi connectivity index (χ1v) is 3.96. The average Bonchev–Trinajstić information content (AvgIpc) is 2.30. The molecule has 0 aromatic heterocycles. The summed E-state index contributed by atoms with van der Waals surface area (Å²) in [7, 11) is 1.38. The Balaban J connectivity index is 2.92. The summed E-state index contributed by atoms with van der Waals surface area (Å²) in [5.41, 5.74) is -2.99. The molecule has 0 bridgehead atoms. The fraction of sp³-hybridized carbons (Fsp3) is 1.00. The van der Waals surface area contributed by atoms with Crippen LogP contribution in [0.25, 0.3) is 0 Å². The van der Waals surface area contributed by atoms with E-state index in [0.717, 1.165) is 0 Å². The van der Waals surface area contributed by atoms with Crippen molar-refractivity contribution >= 4 is 0 Å². The molecule has 7 heteroatoms. The maximum atomic E-state index is 12.8. The van der Waals surface area contributed by atoms with Crippen LogP contribution in [-0.2, 0) is 0 Å². The van der Waals surface area contributed by atoms with Gasteiger partial charge in [-0.3, -0.25) is 0 Å². The third-order valence-electron chi connectivity index (χ3n) is 2.38. The molecule has 0 radical (unpaired) electrons. The van der Waals surface area contributed by atoms with Crippen LogP contribution in [0.4, 0.5) is 22.0 Å². The molecule has 1 atom stereocenters. The van der Waals surface area contributed by atoms with Gasteiger partial charge < -0.3 is 10.0 Å². The molecule has 84 valence electrons. The van der Waals surface area contributed by atoms with E-state index < -0.39 is 30.7 Å². The van der Waals surface area contributed by atoms with Crippen molar-refractivity contribution in [3.05, 3.63) is 0 Å². The third kappa shape index (κ3) is 1.58. The van der Waals surface area contributed by atoms with Gasteiger partial charge in [-0.25, -0.2) is 0 Å². The van der Waals surface area contributed by atoms with Crippen LogP contribution in [0.1, 0.15) is 6.42 Å². The SMILES string of the molecule is CN1CCC(O)(C(F)(F)C(F)(F)F)C1. The number of likely N-dealkylation sites (N-methyl/N-ethyl adjacent to an activating group) is 1. The molecule has 2 nitrogen and oxygen atoms in total. The Morgan fingerprint density at radius 1 is 1.21 bits per heavy atom. The molecule has 0 aromatic carbocycles. The molecule has 0 saturated carbocycles. The second kappa shape index (κ2) is 3.03. The average molecular weight is 219 g/mol. The molecule has 1 aliphatic rings. The van der Waals surface area contributed by atoms with Gasteiger partial charge in [-0.05, 0) is 13.5 Å². The second-order valence-electron chi connectivity index (χ2n) is 3.59. The van der Waals surface area contributed by atoms with E-state index in [-0.39, 0.29) is 6.54 Å². The summed E-state index contributed by atoms with van der Waals surface area (Å²) in [5.74, 6) is -5.05. The fourth-order valence-electron chi connectivity index (χ4n) is 1.50. The number of rotatable bonds is 1. The van der Waals surface area contributed by atoms with Crippen LogP contribution in [0.15, 0.2) is 0 Å². The minimum atomic E-state index is -5.70. The molecular formula is C7H10F5NO. The first-order chi connectivity index (χ1) is 6.10. The molecule has 0 aromatic rings. The Labute approximate surface area is 77.3 Å². The van der Waals surface area contributed by atoms with Gasteiger partial charge in [0.15, 0.2) is 5.60 Å². The zero-order chi connectivity index (χ0) is 11.2. The predicted octanol–water partition coefficient (Wildman–Crippen LogP) is 1.25. The number of halogens is 5. The highest BCUT2D eigenvalue weighted by molar-refractivity contribution is 5.03. The number of nitrogens with zero attached hydrogens (tertiary/aromatic N) is 1. The van der Waals surface area contributed by atoms with E-state index in [9.17, 15) is 27.1 Å². The lowest BCUT2D eigenvalue weighted by Crippen LogP contribution is -2.58. The van der Waals surface area contributed by atoms with Crippen LogP contribution in [-0.4, -0.2) is 47.8 Å². The highest BCUT2D eigenvalue weighted by Gasteiger charge is 2.70. The van der Waals surface area contributed by atoms with E-state index in [1.807, 2.05) is 0 Å². The molecule has 1 aliphatic heterocycles. The van der Waals surface area contributed by atoms with Crippen molar-refractivity contribution in [2.24, 2.45) is 0 Å². The fourth-order valence-corrected chi connectivity index (χ4v) is 1.50. The maximum Gasteiger partial charge on any atom is 0.456 e. The first-order valence-electron chi connectivity index (χ1n) is 3.96. The Morgan fingerprint density at radius 2 is 1.71 bits per heavy atom. The van der Waals surface area contributed by atoms with Crippen LogP contribution < -0.4 is 0 Å². The molecule has 1 saturated heterocycles. The van der Waals surface area contributed by atoms with Crippen LogP contribution in [0.3, 0.4) is 0 Å². The smallest absolute Gasteiger partial charge is 0.382 e.